The van der Waals surface area contributed by atoms with Crippen LogP contribution in [0.15, 0.2) is 16.7 Å². The fourth-order valence-electron chi connectivity index (χ4n) is 1.86. The quantitative estimate of drug-likeness (QED) is 0.808. The van der Waals surface area contributed by atoms with Gasteiger partial charge < -0.3 is 24.3 Å². The first-order valence-electron chi connectivity index (χ1n) is 5.79. The average molecular weight is 269 g/mol. The molecule has 104 valence electrons. The van der Waals surface area contributed by atoms with Gasteiger partial charge in [0.1, 0.15) is 11.9 Å². The zero-order valence-electron chi connectivity index (χ0n) is 10.5. The summed E-state index contributed by atoms with van der Waals surface area (Å²) >= 11 is 0. The highest BCUT2D eigenvalue weighted by Gasteiger charge is 2.35. The van der Waals surface area contributed by atoms with Gasteiger partial charge in [0.15, 0.2) is 5.76 Å². The van der Waals surface area contributed by atoms with E-state index in [0.717, 1.165) is 6.26 Å². The first kappa shape index (κ1) is 13.6. The summed E-state index contributed by atoms with van der Waals surface area (Å²) in [5.74, 6) is -1.65. The molecule has 2 rings (SSSR count). The number of hydrogen-bond donors (Lipinski definition) is 2. The van der Waals surface area contributed by atoms with E-state index in [2.05, 4.69) is 5.32 Å². The number of methoxy groups -OCH3 is 1. The molecule has 0 bridgehead atoms. The first-order valence-corrected chi connectivity index (χ1v) is 5.79. The number of carbonyl (C=O) groups excluding carboxylic acids is 1. The van der Waals surface area contributed by atoms with Gasteiger partial charge in [-0.15, -0.1) is 0 Å². The van der Waals surface area contributed by atoms with Gasteiger partial charge in [0.05, 0.1) is 12.2 Å². The van der Waals surface area contributed by atoms with Gasteiger partial charge in [0.25, 0.3) is 5.91 Å². The van der Waals surface area contributed by atoms with Gasteiger partial charge in [0.2, 0.25) is 0 Å². The molecule has 1 amide bonds. The van der Waals surface area contributed by atoms with Gasteiger partial charge in [-0.05, 0) is 0 Å². The Hall–Kier alpha value is -1.86. The molecule has 0 aromatic carbocycles. The SMILES string of the molecule is COC1(CNC(=O)c2cc(C(=O)O)co2)CCOC1. The minimum absolute atomic E-state index is 0.0393. The van der Waals surface area contributed by atoms with Crippen LogP contribution in [0.3, 0.4) is 0 Å². The minimum Gasteiger partial charge on any atom is -0.478 e. The van der Waals surface area contributed by atoms with Crippen molar-refractivity contribution in [3.63, 3.8) is 0 Å². The molecule has 1 saturated heterocycles. The van der Waals surface area contributed by atoms with Gasteiger partial charge in [-0.25, -0.2) is 4.79 Å². The first-order chi connectivity index (χ1) is 9.06. The number of furan rings is 1. The van der Waals surface area contributed by atoms with Crippen molar-refractivity contribution < 1.29 is 28.6 Å². The highest BCUT2D eigenvalue weighted by Crippen LogP contribution is 2.21. The van der Waals surface area contributed by atoms with Crippen molar-refractivity contribution >= 4 is 11.9 Å². The van der Waals surface area contributed by atoms with E-state index < -0.39 is 17.5 Å². The van der Waals surface area contributed by atoms with Crippen molar-refractivity contribution in [2.45, 2.75) is 12.0 Å². The van der Waals surface area contributed by atoms with Crippen molar-refractivity contribution in [1.82, 2.24) is 5.32 Å². The van der Waals surface area contributed by atoms with Gasteiger partial charge in [-0.1, -0.05) is 0 Å². The maximum Gasteiger partial charge on any atom is 0.338 e. The summed E-state index contributed by atoms with van der Waals surface area (Å²) in [5, 5.41) is 11.4. The zero-order valence-corrected chi connectivity index (χ0v) is 10.5. The standard InChI is InChI=1S/C12H15NO6/c1-17-12(2-3-18-7-12)6-13-10(14)9-4-8(5-19-9)11(15)16/h4-5H,2-3,6-7H2,1H3,(H,13,14)(H,15,16). The van der Waals surface area contributed by atoms with Crippen molar-refractivity contribution in [3.05, 3.63) is 23.7 Å². The van der Waals surface area contributed by atoms with Crippen molar-refractivity contribution in [1.29, 1.82) is 0 Å². The maximum atomic E-state index is 11.8. The van der Waals surface area contributed by atoms with Crippen LogP contribution in [-0.2, 0) is 9.47 Å². The largest absolute Gasteiger partial charge is 0.478 e. The number of nitrogens with one attached hydrogen (secondary N) is 1. The maximum absolute atomic E-state index is 11.8. The van der Waals surface area contributed by atoms with Crippen LogP contribution in [0.4, 0.5) is 0 Å². The van der Waals surface area contributed by atoms with Crippen LogP contribution in [0.2, 0.25) is 0 Å². The predicted molar refractivity (Wildman–Crippen MR) is 63.2 cm³/mol. The Morgan fingerprint density at radius 1 is 1.58 bits per heavy atom. The Balaban J connectivity index is 1.95. The smallest absolute Gasteiger partial charge is 0.338 e. The third-order valence-electron chi connectivity index (χ3n) is 3.14. The van der Waals surface area contributed by atoms with E-state index in [-0.39, 0.29) is 17.9 Å². The summed E-state index contributed by atoms with van der Waals surface area (Å²) in [4.78, 5) is 22.5. The Kier molecular flexibility index (Phi) is 3.87. The van der Waals surface area contributed by atoms with E-state index in [1.165, 1.54) is 6.07 Å². The normalized spacial score (nSPS) is 22.4. The number of aromatic carboxylic acids is 1. The molecule has 0 spiro atoms. The second-order valence-electron chi connectivity index (χ2n) is 4.38. The Bertz CT molecular complexity index is 474. The lowest BCUT2D eigenvalue weighted by molar-refractivity contribution is -0.0150. The fraction of sp³-hybridized carbons (Fsp3) is 0.500. The van der Waals surface area contributed by atoms with Crippen LogP contribution >= 0.6 is 0 Å². The molecule has 1 unspecified atom stereocenters. The summed E-state index contributed by atoms with van der Waals surface area (Å²) in [5.41, 5.74) is -0.575. The van der Waals surface area contributed by atoms with Gasteiger partial charge >= 0.3 is 5.97 Å². The average Bonchev–Trinajstić information content (AvgIpc) is 3.06. The lowest BCUT2D eigenvalue weighted by Gasteiger charge is -2.25. The summed E-state index contributed by atoms with van der Waals surface area (Å²) in [6.07, 6.45) is 1.73. The number of carboxylic acids is 1. The second kappa shape index (κ2) is 5.41. The summed E-state index contributed by atoms with van der Waals surface area (Å²) in [7, 11) is 1.57. The lowest BCUT2D eigenvalue weighted by Crippen LogP contribution is -2.44. The molecule has 0 radical (unpaired) electrons. The molecule has 7 nitrogen and oxygen atoms in total. The Morgan fingerprint density at radius 3 is 2.89 bits per heavy atom. The number of rotatable bonds is 5. The molecule has 2 heterocycles. The highest BCUT2D eigenvalue weighted by atomic mass is 16.5. The molecule has 7 heteroatoms. The van der Waals surface area contributed by atoms with Gasteiger partial charge in [-0.2, -0.15) is 0 Å². The summed E-state index contributed by atoms with van der Waals surface area (Å²) in [6.45, 7) is 1.29. The zero-order chi connectivity index (χ0) is 13.9. The van der Waals surface area contributed by atoms with Crippen LogP contribution < -0.4 is 5.32 Å². The molecule has 0 aliphatic carbocycles. The topological polar surface area (TPSA) is 98.0 Å². The molecule has 2 N–H and O–H groups in total. The van der Waals surface area contributed by atoms with E-state index in [9.17, 15) is 9.59 Å². The number of carboxylic acid groups (broad SMARTS) is 1. The fourth-order valence-corrected chi connectivity index (χ4v) is 1.86. The van der Waals surface area contributed by atoms with Crippen molar-refractivity contribution in [3.8, 4) is 0 Å². The number of hydrogen-bond acceptors (Lipinski definition) is 5. The van der Waals surface area contributed by atoms with E-state index >= 15 is 0 Å². The minimum atomic E-state index is -1.14. The highest BCUT2D eigenvalue weighted by molar-refractivity contribution is 5.95. The van der Waals surface area contributed by atoms with Crippen LogP contribution in [0.5, 0.6) is 0 Å². The molecule has 1 aromatic heterocycles. The van der Waals surface area contributed by atoms with Gasteiger partial charge in [0, 0.05) is 32.7 Å². The second-order valence-corrected chi connectivity index (χ2v) is 4.38. The molecule has 19 heavy (non-hydrogen) atoms. The monoisotopic (exact) mass is 269 g/mol. The number of amides is 1. The number of ether oxygens (including phenoxy) is 2. The van der Waals surface area contributed by atoms with Crippen molar-refractivity contribution in [2.75, 3.05) is 26.9 Å². The summed E-state index contributed by atoms with van der Waals surface area (Å²) in [6, 6.07) is 1.18. The predicted octanol–water partition coefficient (Wildman–Crippen LogP) is 0.513. The van der Waals surface area contributed by atoms with E-state index in [1.54, 1.807) is 7.11 Å². The summed E-state index contributed by atoms with van der Waals surface area (Å²) < 4.78 is 15.5. The van der Waals surface area contributed by atoms with E-state index in [0.29, 0.717) is 19.6 Å². The Labute approximate surface area is 109 Å². The van der Waals surface area contributed by atoms with Crippen molar-refractivity contribution in [2.24, 2.45) is 0 Å². The molecule has 1 atom stereocenters. The molecule has 1 fully saturated rings. The van der Waals surface area contributed by atoms with Crippen LogP contribution in [-0.4, -0.2) is 49.5 Å². The third kappa shape index (κ3) is 2.94. The molecular weight excluding hydrogens is 254 g/mol. The Morgan fingerprint density at radius 2 is 2.37 bits per heavy atom. The van der Waals surface area contributed by atoms with Crippen LogP contribution in [0, 0.1) is 0 Å². The van der Waals surface area contributed by atoms with Crippen LogP contribution in [0.25, 0.3) is 0 Å². The molecule has 0 saturated carbocycles. The molecule has 1 aliphatic heterocycles. The molecule has 1 aliphatic rings. The molecular formula is C12H15NO6. The van der Waals surface area contributed by atoms with E-state index in [1.807, 2.05) is 0 Å². The number of carbonyl (C=O) groups is 2. The van der Waals surface area contributed by atoms with Gasteiger partial charge in [-0.3, -0.25) is 4.79 Å². The van der Waals surface area contributed by atoms with Crippen LogP contribution in [0.1, 0.15) is 27.3 Å². The lowest BCUT2D eigenvalue weighted by atomic mass is 10.0. The van der Waals surface area contributed by atoms with E-state index in [4.69, 9.17) is 19.0 Å². The molecule has 1 aromatic rings. The third-order valence-corrected chi connectivity index (χ3v) is 3.14.